The van der Waals surface area contributed by atoms with E-state index in [1.807, 2.05) is 37.3 Å². The zero-order chi connectivity index (χ0) is 13.3. The number of rotatable bonds is 2. The predicted octanol–water partition coefficient (Wildman–Crippen LogP) is 2.88. The molecular weight excluding hydrogens is 228 g/mol. The van der Waals surface area contributed by atoms with Crippen LogP contribution in [0.15, 0.2) is 53.5 Å². The second-order valence-corrected chi connectivity index (χ2v) is 5.01. The Balaban J connectivity index is 2.36. The molecule has 1 aliphatic carbocycles. The molecule has 0 aromatic heterocycles. The molecule has 0 saturated heterocycles. The van der Waals surface area contributed by atoms with Crippen LogP contribution in [0, 0.1) is 5.92 Å². The standard InChI is InChI=1S/C15H18O3/c1-10-12(8-11-6-4-3-5-7-11)14(17)13(16)9-15(10,2)18/h3-7,9-10,16-18H,8H2,1-2H3. The smallest absolute Gasteiger partial charge is 0.157 e. The molecule has 0 bridgehead atoms. The summed E-state index contributed by atoms with van der Waals surface area (Å²) >= 11 is 0. The number of benzene rings is 1. The van der Waals surface area contributed by atoms with Gasteiger partial charge in [0.25, 0.3) is 0 Å². The molecule has 0 heterocycles. The van der Waals surface area contributed by atoms with Crippen LogP contribution in [0.25, 0.3) is 0 Å². The highest BCUT2D eigenvalue weighted by Gasteiger charge is 2.36. The van der Waals surface area contributed by atoms with Gasteiger partial charge in [0.2, 0.25) is 0 Å². The highest BCUT2D eigenvalue weighted by Crippen LogP contribution is 2.36. The fourth-order valence-corrected chi connectivity index (χ4v) is 2.25. The lowest BCUT2D eigenvalue weighted by atomic mass is 9.77. The zero-order valence-electron chi connectivity index (χ0n) is 10.6. The van der Waals surface area contributed by atoms with Crippen molar-refractivity contribution in [1.82, 2.24) is 0 Å². The van der Waals surface area contributed by atoms with Crippen LogP contribution in [-0.2, 0) is 6.42 Å². The predicted molar refractivity (Wildman–Crippen MR) is 70.3 cm³/mol. The summed E-state index contributed by atoms with van der Waals surface area (Å²) in [5, 5.41) is 29.8. The van der Waals surface area contributed by atoms with Crippen LogP contribution in [0.5, 0.6) is 0 Å². The molecule has 0 fully saturated rings. The van der Waals surface area contributed by atoms with E-state index < -0.39 is 5.60 Å². The number of aliphatic hydroxyl groups excluding tert-OH is 2. The van der Waals surface area contributed by atoms with Crippen molar-refractivity contribution in [2.45, 2.75) is 25.9 Å². The van der Waals surface area contributed by atoms with E-state index in [1.165, 1.54) is 6.08 Å². The van der Waals surface area contributed by atoms with Gasteiger partial charge in [-0.15, -0.1) is 0 Å². The maximum atomic E-state index is 10.2. The molecule has 18 heavy (non-hydrogen) atoms. The van der Waals surface area contributed by atoms with Crippen LogP contribution >= 0.6 is 0 Å². The van der Waals surface area contributed by atoms with E-state index in [9.17, 15) is 15.3 Å². The van der Waals surface area contributed by atoms with E-state index in [-0.39, 0.29) is 17.4 Å². The summed E-state index contributed by atoms with van der Waals surface area (Å²) in [6.07, 6.45) is 1.81. The Kier molecular flexibility index (Phi) is 3.18. The molecule has 1 aromatic rings. The lowest BCUT2D eigenvalue weighted by Crippen LogP contribution is -2.36. The summed E-state index contributed by atoms with van der Waals surface area (Å²) in [6, 6.07) is 9.69. The molecule has 1 aliphatic rings. The normalized spacial score (nSPS) is 28.2. The maximum Gasteiger partial charge on any atom is 0.157 e. The monoisotopic (exact) mass is 246 g/mol. The Morgan fingerprint density at radius 3 is 2.39 bits per heavy atom. The minimum atomic E-state index is -1.14. The average Bonchev–Trinajstić information content (AvgIpc) is 2.33. The lowest BCUT2D eigenvalue weighted by molar-refractivity contribution is 0.0570. The Labute approximate surface area is 107 Å². The van der Waals surface area contributed by atoms with Gasteiger partial charge in [-0.1, -0.05) is 37.3 Å². The van der Waals surface area contributed by atoms with E-state index in [1.54, 1.807) is 6.92 Å². The first-order chi connectivity index (χ1) is 8.42. The third-order valence-corrected chi connectivity index (χ3v) is 3.61. The largest absolute Gasteiger partial charge is 0.504 e. The minimum absolute atomic E-state index is 0.113. The summed E-state index contributed by atoms with van der Waals surface area (Å²) < 4.78 is 0. The van der Waals surface area contributed by atoms with Gasteiger partial charge in [0, 0.05) is 5.92 Å². The molecule has 3 N–H and O–H groups in total. The van der Waals surface area contributed by atoms with E-state index >= 15 is 0 Å². The van der Waals surface area contributed by atoms with Crippen LogP contribution in [0.3, 0.4) is 0 Å². The SMILES string of the molecule is CC1C(Cc2ccccc2)=C(O)C(O)=CC1(C)O. The second-order valence-electron chi connectivity index (χ2n) is 5.01. The Morgan fingerprint density at radius 1 is 1.17 bits per heavy atom. The van der Waals surface area contributed by atoms with E-state index in [4.69, 9.17) is 0 Å². The molecule has 0 spiro atoms. The van der Waals surface area contributed by atoms with Crippen LogP contribution in [-0.4, -0.2) is 20.9 Å². The van der Waals surface area contributed by atoms with Crippen molar-refractivity contribution in [3.05, 3.63) is 59.1 Å². The Bertz CT molecular complexity index is 498. The van der Waals surface area contributed by atoms with Crippen molar-refractivity contribution >= 4 is 0 Å². The first-order valence-electron chi connectivity index (χ1n) is 6.02. The van der Waals surface area contributed by atoms with E-state index in [2.05, 4.69) is 0 Å². The van der Waals surface area contributed by atoms with Crippen LogP contribution in [0.1, 0.15) is 19.4 Å². The van der Waals surface area contributed by atoms with Gasteiger partial charge in [0.05, 0.1) is 5.60 Å². The summed E-state index contributed by atoms with van der Waals surface area (Å²) in [6.45, 7) is 3.47. The molecule has 2 unspecified atom stereocenters. The fourth-order valence-electron chi connectivity index (χ4n) is 2.25. The fraction of sp³-hybridized carbons (Fsp3) is 0.333. The van der Waals surface area contributed by atoms with Gasteiger partial charge in [0.1, 0.15) is 0 Å². The second kappa shape index (κ2) is 4.50. The van der Waals surface area contributed by atoms with Crippen molar-refractivity contribution in [2.75, 3.05) is 0 Å². The van der Waals surface area contributed by atoms with Crippen molar-refractivity contribution in [3.63, 3.8) is 0 Å². The van der Waals surface area contributed by atoms with Gasteiger partial charge in [-0.3, -0.25) is 0 Å². The minimum Gasteiger partial charge on any atom is -0.504 e. The molecule has 3 heteroatoms. The molecule has 96 valence electrons. The van der Waals surface area contributed by atoms with Crippen LogP contribution in [0.2, 0.25) is 0 Å². The Hall–Kier alpha value is -1.74. The quantitative estimate of drug-likeness (QED) is 0.752. The van der Waals surface area contributed by atoms with Gasteiger partial charge in [-0.2, -0.15) is 0 Å². The van der Waals surface area contributed by atoms with E-state index in [0.717, 1.165) is 5.56 Å². The third kappa shape index (κ3) is 2.27. The molecular formula is C15H18O3. The van der Waals surface area contributed by atoms with Crippen molar-refractivity contribution in [3.8, 4) is 0 Å². The summed E-state index contributed by atoms with van der Waals surface area (Å²) in [7, 11) is 0. The molecule has 0 radical (unpaired) electrons. The maximum absolute atomic E-state index is 10.2. The molecule has 3 nitrogen and oxygen atoms in total. The van der Waals surface area contributed by atoms with Crippen LogP contribution < -0.4 is 0 Å². The molecule has 0 amide bonds. The summed E-state index contributed by atoms with van der Waals surface area (Å²) in [5.74, 6) is -0.601. The summed E-state index contributed by atoms with van der Waals surface area (Å²) in [5.41, 5.74) is 0.558. The van der Waals surface area contributed by atoms with Gasteiger partial charge >= 0.3 is 0 Å². The lowest BCUT2D eigenvalue weighted by Gasteiger charge is -2.33. The number of hydrogen-bond donors (Lipinski definition) is 3. The van der Waals surface area contributed by atoms with Gasteiger partial charge in [-0.05, 0) is 30.6 Å². The van der Waals surface area contributed by atoms with Crippen LogP contribution in [0.4, 0.5) is 0 Å². The van der Waals surface area contributed by atoms with Gasteiger partial charge < -0.3 is 15.3 Å². The zero-order valence-corrected chi connectivity index (χ0v) is 10.6. The highest BCUT2D eigenvalue weighted by atomic mass is 16.3. The van der Waals surface area contributed by atoms with Crippen molar-refractivity contribution in [1.29, 1.82) is 0 Å². The topological polar surface area (TPSA) is 60.7 Å². The highest BCUT2D eigenvalue weighted by molar-refractivity contribution is 5.38. The first kappa shape index (κ1) is 12.7. The first-order valence-corrected chi connectivity index (χ1v) is 6.02. The molecule has 2 atom stereocenters. The van der Waals surface area contributed by atoms with E-state index in [0.29, 0.717) is 12.0 Å². The van der Waals surface area contributed by atoms with Gasteiger partial charge in [0.15, 0.2) is 11.5 Å². The third-order valence-electron chi connectivity index (χ3n) is 3.61. The summed E-state index contributed by atoms with van der Waals surface area (Å²) in [4.78, 5) is 0. The molecule has 0 saturated carbocycles. The average molecular weight is 246 g/mol. The number of aliphatic hydroxyl groups is 3. The molecule has 2 rings (SSSR count). The van der Waals surface area contributed by atoms with Gasteiger partial charge in [-0.25, -0.2) is 0 Å². The van der Waals surface area contributed by atoms with Crippen molar-refractivity contribution < 1.29 is 15.3 Å². The van der Waals surface area contributed by atoms with Crippen molar-refractivity contribution in [2.24, 2.45) is 5.92 Å². The number of hydrogen-bond acceptors (Lipinski definition) is 3. The Morgan fingerprint density at radius 2 is 1.78 bits per heavy atom. The molecule has 1 aromatic carbocycles. The molecule has 0 aliphatic heterocycles.